The number of carbonyl (C=O) groups is 1. The van der Waals surface area contributed by atoms with Gasteiger partial charge in [0, 0.05) is 44.6 Å². The van der Waals surface area contributed by atoms with E-state index in [0.717, 1.165) is 36.6 Å². The second kappa shape index (κ2) is 9.05. The number of aryl methyl sites for hydroxylation is 1. The lowest BCUT2D eigenvalue weighted by Crippen LogP contribution is -2.44. The first-order valence-corrected chi connectivity index (χ1v) is 7.71. The van der Waals surface area contributed by atoms with E-state index in [0.29, 0.717) is 13.1 Å². The maximum Gasteiger partial charge on any atom is 0.246 e. The second-order valence-electron chi connectivity index (χ2n) is 5.62. The number of imidazole rings is 2. The number of hydrogen-bond donors (Lipinski definition) is 2. The van der Waals surface area contributed by atoms with Gasteiger partial charge < -0.3 is 19.8 Å². The van der Waals surface area contributed by atoms with Gasteiger partial charge in [-0.25, -0.2) is 9.97 Å². The predicted octanol–water partition coefficient (Wildman–Crippen LogP) is 1.61. The summed E-state index contributed by atoms with van der Waals surface area (Å²) in [6.07, 6.45) is 7.12. The van der Waals surface area contributed by atoms with E-state index >= 15 is 0 Å². The van der Waals surface area contributed by atoms with Gasteiger partial charge in [0.1, 0.15) is 11.9 Å². The van der Waals surface area contributed by atoms with Gasteiger partial charge in [0.15, 0.2) is 0 Å². The highest BCUT2D eigenvalue weighted by Crippen LogP contribution is 2.22. The maximum absolute atomic E-state index is 13.0. The van der Waals surface area contributed by atoms with E-state index in [1.54, 1.807) is 12.5 Å². The minimum Gasteiger partial charge on any atom is -0.348 e. The highest BCUT2D eigenvalue weighted by molar-refractivity contribution is 5.85. The van der Waals surface area contributed by atoms with Crippen molar-refractivity contribution < 1.29 is 4.79 Å². The standard InChI is InChI=1S/C15H22N6O.2ClH/c1-3-7-21(9-12-16-6-8-20(12)2)15(22)14-13-11(4-5-17-14)18-10-19-13;;/h6,8,10,14,17H,3-5,7,9H2,1-2H3,(H,18,19);2*1H. The monoisotopic (exact) mass is 374 g/mol. The van der Waals surface area contributed by atoms with Gasteiger partial charge in [0.05, 0.1) is 18.6 Å². The van der Waals surface area contributed by atoms with Crippen LogP contribution in [-0.4, -0.2) is 43.4 Å². The maximum atomic E-state index is 13.0. The van der Waals surface area contributed by atoms with Crippen LogP contribution in [0.4, 0.5) is 0 Å². The Morgan fingerprint density at radius 2 is 2.21 bits per heavy atom. The molecule has 1 aliphatic rings. The average Bonchev–Trinajstić information content (AvgIpc) is 3.15. The lowest BCUT2D eigenvalue weighted by atomic mass is 10.0. The molecule has 3 heterocycles. The number of halogens is 2. The van der Waals surface area contributed by atoms with Crippen molar-refractivity contribution in [2.45, 2.75) is 32.4 Å². The average molecular weight is 375 g/mol. The van der Waals surface area contributed by atoms with Crippen molar-refractivity contribution in [3.05, 3.63) is 35.9 Å². The van der Waals surface area contributed by atoms with Crippen molar-refractivity contribution in [3.8, 4) is 0 Å². The third kappa shape index (κ3) is 4.09. The molecule has 2 N–H and O–H groups in total. The molecule has 9 heteroatoms. The van der Waals surface area contributed by atoms with Crippen LogP contribution in [0.15, 0.2) is 18.7 Å². The summed E-state index contributed by atoms with van der Waals surface area (Å²) in [5.41, 5.74) is 1.89. The number of hydrogen-bond acceptors (Lipinski definition) is 4. The van der Waals surface area contributed by atoms with Crippen LogP contribution in [0.1, 0.15) is 36.6 Å². The molecule has 0 saturated carbocycles. The second-order valence-corrected chi connectivity index (χ2v) is 5.62. The third-order valence-corrected chi connectivity index (χ3v) is 4.05. The first kappa shape index (κ1) is 20.5. The van der Waals surface area contributed by atoms with Gasteiger partial charge in [-0.1, -0.05) is 6.92 Å². The number of rotatable bonds is 5. The number of aromatic nitrogens is 4. The number of aromatic amines is 1. The quantitative estimate of drug-likeness (QED) is 0.833. The Morgan fingerprint density at radius 1 is 1.42 bits per heavy atom. The smallest absolute Gasteiger partial charge is 0.246 e. The van der Waals surface area contributed by atoms with Gasteiger partial charge in [-0.2, -0.15) is 0 Å². The van der Waals surface area contributed by atoms with Crippen LogP contribution in [0, 0.1) is 0 Å². The van der Waals surface area contributed by atoms with Crippen molar-refractivity contribution >= 4 is 30.7 Å². The van der Waals surface area contributed by atoms with E-state index in [2.05, 4.69) is 27.2 Å². The topological polar surface area (TPSA) is 78.8 Å². The van der Waals surface area contributed by atoms with Gasteiger partial charge in [0.25, 0.3) is 0 Å². The summed E-state index contributed by atoms with van der Waals surface area (Å²) in [5.74, 6) is 0.956. The lowest BCUT2D eigenvalue weighted by molar-refractivity contribution is -0.134. The fraction of sp³-hybridized carbons (Fsp3) is 0.533. The number of carbonyl (C=O) groups excluding carboxylic acids is 1. The summed E-state index contributed by atoms with van der Waals surface area (Å²) in [6.45, 7) is 4.10. The molecule has 2 aromatic heterocycles. The Hall–Kier alpha value is -1.57. The van der Waals surface area contributed by atoms with Crippen LogP contribution >= 0.6 is 24.8 Å². The molecule has 24 heavy (non-hydrogen) atoms. The van der Waals surface area contributed by atoms with Gasteiger partial charge >= 0.3 is 0 Å². The minimum absolute atomic E-state index is 0. The molecule has 2 aromatic rings. The Morgan fingerprint density at radius 3 is 2.88 bits per heavy atom. The molecule has 0 aliphatic carbocycles. The summed E-state index contributed by atoms with van der Waals surface area (Å²) < 4.78 is 1.95. The first-order chi connectivity index (χ1) is 10.7. The van der Waals surface area contributed by atoms with Crippen LogP contribution in [0.25, 0.3) is 0 Å². The summed E-state index contributed by atoms with van der Waals surface area (Å²) in [6, 6.07) is -0.359. The van der Waals surface area contributed by atoms with E-state index in [4.69, 9.17) is 0 Å². The summed E-state index contributed by atoms with van der Waals surface area (Å²) in [5, 5.41) is 3.29. The van der Waals surface area contributed by atoms with Gasteiger partial charge in [-0.05, 0) is 6.42 Å². The Bertz CT molecular complexity index is 656. The van der Waals surface area contributed by atoms with E-state index in [-0.39, 0.29) is 36.8 Å². The van der Waals surface area contributed by atoms with Crippen molar-refractivity contribution in [3.63, 3.8) is 0 Å². The molecule has 0 saturated heterocycles. The number of nitrogens with zero attached hydrogens (tertiary/aromatic N) is 4. The van der Waals surface area contributed by atoms with Crippen LogP contribution in [0.3, 0.4) is 0 Å². The Balaban J connectivity index is 0.00000144. The van der Waals surface area contributed by atoms with E-state index in [1.807, 2.05) is 22.7 Å². The van der Waals surface area contributed by atoms with Gasteiger partial charge in [0.2, 0.25) is 5.91 Å². The van der Waals surface area contributed by atoms with Gasteiger partial charge in [-0.15, -0.1) is 24.8 Å². The highest BCUT2D eigenvalue weighted by Gasteiger charge is 2.31. The highest BCUT2D eigenvalue weighted by atomic mass is 35.5. The van der Waals surface area contributed by atoms with Crippen molar-refractivity contribution in [1.29, 1.82) is 0 Å². The summed E-state index contributed by atoms with van der Waals surface area (Å²) in [4.78, 5) is 26.6. The van der Waals surface area contributed by atoms with E-state index in [1.165, 1.54) is 0 Å². The molecular formula is C15H24Cl2N6O. The SMILES string of the molecule is CCCN(Cc1nccn1C)C(=O)C1NCCc2[nH]cnc21.Cl.Cl. The molecule has 1 amide bonds. The minimum atomic E-state index is -0.359. The molecule has 0 bridgehead atoms. The number of fused-ring (bicyclic) bond motifs is 1. The first-order valence-electron chi connectivity index (χ1n) is 7.71. The summed E-state index contributed by atoms with van der Waals surface area (Å²) >= 11 is 0. The number of H-pyrrole nitrogens is 1. The Kier molecular flexibility index (Phi) is 7.72. The zero-order valence-electron chi connectivity index (χ0n) is 13.9. The molecule has 7 nitrogen and oxygen atoms in total. The molecule has 0 fully saturated rings. The molecule has 134 valence electrons. The number of nitrogens with one attached hydrogen (secondary N) is 2. The van der Waals surface area contributed by atoms with Crippen molar-refractivity contribution in [2.75, 3.05) is 13.1 Å². The van der Waals surface area contributed by atoms with Gasteiger partial charge in [-0.3, -0.25) is 4.79 Å². The van der Waals surface area contributed by atoms with Crippen LogP contribution in [-0.2, 0) is 24.8 Å². The fourth-order valence-corrected chi connectivity index (χ4v) is 2.86. The van der Waals surface area contributed by atoms with E-state index in [9.17, 15) is 4.79 Å². The third-order valence-electron chi connectivity index (χ3n) is 4.05. The van der Waals surface area contributed by atoms with Crippen LogP contribution < -0.4 is 5.32 Å². The summed E-state index contributed by atoms with van der Waals surface area (Å²) in [7, 11) is 1.95. The van der Waals surface area contributed by atoms with Crippen molar-refractivity contribution in [1.82, 2.24) is 29.7 Å². The molecule has 1 aliphatic heterocycles. The molecular weight excluding hydrogens is 351 g/mol. The zero-order valence-corrected chi connectivity index (χ0v) is 15.5. The predicted molar refractivity (Wildman–Crippen MR) is 96.4 cm³/mol. The Labute approximate surface area is 154 Å². The lowest BCUT2D eigenvalue weighted by Gasteiger charge is -2.29. The van der Waals surface area contributed by atoms with Crippen molar-refractivity contribution in [2.24, 2.45) is 7.05 Å². The van der Waals surface area contributed by atoms with E-state index < -0.39 is 0 Å². The number of amides is 1. The molecule has 0 radical (unpaired) electrons. The molecule has 0 spiro atoms. The zero-order chi connectivity index (χ0) is 15.5. The molecule has 1 atom stereocenters. The fourth-order valence-electron chi connectivity index (χ4n) is 2.86. The van der Waals surface area contributed by atoms with Crippen LogP contribution in [0.5, 0.6) is 0 Å². The van der Waals surface area contributed by atoms with Crippen LogP contribution in [0.2, 0.25) is 0 Å². The molecule has 0 aromatic carbocycles. The largest absolute Gasteiger partial charge is 0.348 e. The molecule has 3 rings (SSSR count). The normalized spacial score (nSPS) is 15.8. The molecule has 1 unspecified atom stereocenters.